The summed E-state index contributed by atoms with van der Waals surface area (Å²) in [6.07, 6.45) is 2.83. The van der Waals surface area contributed by atoms with E-state index in [1.54, 1.807) is 6.08 Å². The Bertz CT molecular complexity index is 570. The maximum atomic E-state index is 12.5. The van der Waals surface area contributed by atoms with E-state index in [-0.39, 0.29) is 23.0 Å². The number of rotatable bonds is 1. The Morgan fingerprint density at radius 2 is 1.67 bits per heavy atom. The van der Waals surface area contributed by atoms with Crippen LogP contribution < -0.4 is 0 Å². The largest absolute Gasteiger partial charge is 0.390 e. The standard InChI is InChI=1S/C20H32O4/c1-7-19(5)15(22)11-13-18(4)9-8-14(21)17(2,3)12(18)10-16(23)20(13,6)24-19/h7,12-13,15-16,22-23H,1,8-11H2,2-6H3/t12-,13-,15-,16-,18-,19+,20-/m1/s1. The average molecular weight is 336 g/mol. The van der Waals surface area contributed by atoms with Crippen LogP contribution in [0.25, 0.3) is 0 Å². The fraction of sp³-hybridized carbons (Fsp3) is 0.850. The van der Waals surface area contributed by atoms with Gasteiger partial charge in [-0.25, -0.2) is 0 Å². The Labute approximate surface area is 145 Å². The Kier molecular flexibility index (Phi) is 3.88. The minimum atomic E-state index is -0.852. The van der Waals surface area contributed by atoms with Crippen molar-refractivity contribution in [2.24, 2.45) is 22.7 Å². The molecule has 3 rings (SSSR count). The second-order valence-electron chi connectivity index (χ2n) is 9.43. The molecule has 1 aliphatic heterocycles. The molecule has 2 aliphatic carbocycles. The molecule has 24 heavy (non-hydrogen) atoms. The van der Waals surface area contributed by atoms with Crippen molar-refractivity contribution in [3.05, 3.63) is 12.7 Å². The molecule has 7 atom stereocenters. The molecule has 3 aliphatic rings. The van der Waals surface area contributed by atoms with E-state index in [4.69, 9.17) is 4.74 Å². The van der Waals surface area contributed by atoms with Crippen LogP contribution in [0.1, 0.15) is 60.3 Å². The Morgan fingerprint density at radius 3 is 2.25 bits per heavy atom. The first-order chi connectivity index (χ1) is 10.9. The van der Waals surface area contributed by atoms with Gasteiger partial charge in [0.15, 0.2) is 0 Å². The first-order valence-electron chi connectivity index (χ1n) is 9.15. The number of Topliss-reactive ketones (excluding diaryl/α,β-unsaturated/α-hetero) is 1. The van der Waals surface area contributed by atoms with Crippen molar-refractivity contribution in [1.29, 1.82) is 0 Å². The maximum Gasteiger partial charge on any atom is 0.138 e. The number of hydrogen-bond donors (Lipinski definition) is 2. The lowest BCUT2D eigenvalue weighted by molar-refractivity contribution is -0.310. The molecular formula is C20H32O4. The molecule has 3 fully saturated rings. The fourth-order valence-electron chi connectivity index (χ4n) is 6.04. The molecule has 0 aromatic rings. The highest BCUT2D eigenvalue weighted by Gasteiger charge is 2.67. The monoisotopic (exact) mass is 336 g/mol. The molecular weight excluding hydrogens is 304 g/mol. The summed E-state index contributed by atoms with van der Waals surface area (Å²) in [5.74, 6) is 0.395. The molecule has 0 spiro atoms. The summed E-state index contributed by atoms with van der Waals surface area (Å²) in [4.78, 5) is 12.5. The summed E-state index contributed by atoms with van der Waals surface area (Å²) < 4.78 is 6.35. The summed E-state index contributed by atoms with van der Waals surface area (Å²) in [5, 5.41) is 21.7. The van der Waals surface area contributed by atoms with Gasteiger partial charge in [-0.1, -0.05) is 26.8 Å². The third kappa shape index (κ3) is 2.12. The molecule has 0 aromatic heterocycles. The molecule has 0 radical (unpaired) electrons. The Balaban J connectivity index is 2.07. The Hall–Kier alpha value is -0.710. The van der Waals surface area contributed by atoms with Crippen LogP contribution in [0.15, 0.2) is 12.7 Å². The van der Waals surface area contributed by atoms with Gasteiger partial charge in [-0.2, -0.15) is 0 Å². The highest BCUT2D eigenvalue weighted by Crippen LogP contribution is 2.64. The highest BCUT2D eigenvalue weighted by molar-refractivity contribution is 5.85. The Morgan fingerprint density at radius 1 is 1.08 bits per heavy atom. The van der Waals surface area contributed by atoms with Crippen molar-refractivity contribution in [3.63, 3.8) is 0 Å². The van der Waals surface area contributed by atoms with Crippen LogP contribution in [0.3, 0.4) is 0 Å². The third-order valence-corrected chi connectivity index (χ3v) is 7.85. The molecule has 2 N–H and O–H groups in total. The number of aliphatic hydroxyl groups excluding tert-OH is 2. The molecule has 4 heteroatoms. The summed E-state index contributed by atoms with van der Waals surface area (Å²) in [6, 6.07) is 0. The van der Waals surface area contributed by atoms with Crippen molar-refractivity contribution >= 4 is 5.78 Å². The number of hydrogen-bond acceptors (Lipinski definition) is 4. The van der Waals surface area contributed by atoms with Gasteiger partial charge in [0.05, 0.1) is 17.8 Å². The summed E-state index contributed by atoms with van der Waals surface area (Å²) >= 11 is 0. The van der Waals surface area contributed by atoms with Crippen molar-refractivity contribution < 1.29 is 19.7 Å². The number of ether oxygens (including phenoxy) is 1. The van der Waals surface area contributed by atoms with Gasteiger partial charge in [0.2, 0.25) is 0 Å². The van der Waals surface area contributed by atoms with Gasteiger partial charge in [0.1, 0.15) is 11.4 Å². The second kappa shape index (κ2) is 5.15. The first-order valence-corrected chi connectivity index (χ1v) is 9.15. The lowest BCUT2D eigenvalue weighted by Gasteiger charge is -2.66. The zero-order valence-electron chi connectivity index (χ0n) is 15.6. The minimum absolute atomic E-state index is 0.00847. The summed E-state index contributed by atoms with van der Waals surface area (Å²) in [6.45, 7) is 13.9. The predicted octanol–water partition coefficient (Wildman–Crippen LogP) is 2.86. The van der Waals surface area contributed by atoms with Crippen LogP contribution in [0.4, 0.5) is 0 Å². The van der Waals surface area contributed by atoms with Crippen molar-refractivity contribution in [2.75, 3.05) is 0 Å². The number of carbonyl (C=O) groups is 1. The lowest BCUT2D eigenvalue weighted by Crippen LogP contribution is -2.71. The van der Waals surface area contributed by atoms with Crippen LogP contribution in [-0.2, 0) is 9.53 Å². The summed E-state index contributed by atoms with van der Waals surface area (Å²) in [7, 11) is 0. The predicted molar refractivity (Wildman–Crippen MR) is 92.4 cm³/mol. The van der Waals surface area contributed by atoms with E-state index in [0.29, 0.717) is 19.3 Å². The zero-order valence-corrected chi connectivity index (χ0v) is 15.6. The molecule has 1 saturated heterocycles. The molecule has 4 nitrogen and oxygen atoms in total. The van der Waals surface area contributed by atoms with E-state index >= 15 is 0 Å². The SMILES string of the molecule is C=C[C@]1(C)O[C@@]2(C)[C@H](O)C[C@@H]3C(C)(C)C(=O)CC[C@@]3(C)[C@H]2C[C@H]1O. The molecule has 0 unspecified atom stereocenters. The molecule has 136 valence electrons. The number of ketones is 1. The third-order valence-electron chi connectivity index (χ3n) is 7.85. The minimum Gasteiger partial charge on any atom is -0.390 e. The van der Waals surface area contributed by atoms with Crippen LogP contribution in [0.5, 0.6) is 0 Å². The quantitative estimate of drug-likeness (QED) is 0.723. The summed E-state index contributed by atoms with van der Waals surface area (Å²) in [5.41, 5.74) is -2.16. The lowest BCUT2D eigenvalue weighted by atomic mass is 9.43. The molecule has 0 amide bonds. The molecule has 0 aromatic carbocycles. The van der Waals surface area contributed by atoms with E-state index in [1.807, 2.05) is 27.7 Å². The van der Waals surface area contributed by atoms with Gasteiger partial charge in [-0.3, -0.25) is 4.79 Å². The molecule has 0 bridgehead atoms. The maximum absolute atomic E-state index is 12.5. The normalized spacial score (nSPS) is 53.9. The van der Waals surface area contributed by atoms with Crippen LogP contribution in [-0.4, -0.2) is 39.4 Å². The number of carbonyl (C=O) groups excluding carboxylic acids is 1. The average Bonchev–Trinajstić information content (AvgIpc) is 2.50. The first kappa shape index (κ1) is 18.1. The van der Waals surface area contributed by atoms with E-state index in [2.05, 4.69) is 13.5 Å². The fourth-order valence-corrected chi connectivity index (χ4v) is 6.04. The van der Waals surface area contributed by atoms with E-state index in [1.165, 1.54) is 0 Å². The van der Waals surface area contributed by atoms with E-state index < -0.39 is 28.8 Å². The molecule has 2 saturated carbocycles. The van der Waals surface area contributed by atoms with Gasteiger partial charge in [0, 0.05) is 11.8 Å². The van der Waals surface area contributed by atoms with Gasteiger partial charge < -0.3 is 14.9 Å². The van der Waals surface area contributed by atoms with E-state index in [0.717, 1.165) is 6.42 Å². The second-order valence-corrected chi connectivity index (χ2v) is 9.43. The van der Waals surface area contributed by atoms with Gasteiger partial charge in [-0.05, 0) is 50.4 Å². The number of aliphatic hydroxyl groups is 2. The van der Waals surface area contributed by atoms with Crippen LogP contribution >= 0.6 is 0 Å². The van der Waals surface area contributed by atoms with E-state index in [9.17, 15) is 15.0 Å². The smallest absolute Gasteiger partial charge is 0.138 e. The van der Waals surface area contributed by atoms with Crippen molar-refractivity contribution in [3.8, 4) is 0 Å². The van der Waals surface area contributed by atoms with Crippen molar-refractivity contribution in [2.45, 2.75) is 83.7 Å². The van der Waals surface area contributed by atoms with Crippen molar-refractivity contribution in [1.82, 2.24) is 0 Å². The highest BCUT2D eigenvalue weighted by atomic mass is 16.5. The molecule has 1 heterocycles. The zero-order chi connectivity index (χ0) is 18.1. The van der Waals surface area contributed by atoms with Crippen LogP contribution in [0.2, 0.25) is 0 Å². The van der Waals surface area contributed by atoms with Crippen LogP contribution in [0, 0.1) is 22.7 Å². The topological polar surface area (TPSA) is 66.8 Å². The van der Waals surface area contributed by atoms with Gasteiger partial charge in [-0.15, -0.1) is 6.58 Å². The number of fused-ring (bicyclic) bond motifs is 3. The van der Waals surface area contributed by atoms with Gasteiger partial charge in [0.25, 0.3) is 0 Å². The van der Waals surface area contributed by atoms with Gasteiger partial charge >= 0.3 is 0 Å².